The molecule has 0 spiro atoms. The molecule has 50 heavy (non-hydrogen) atoms. The number of nitrogens with zero attached hydrogens (tertiary/aromatic N) is 5. The van der Waals surface area contributed by atoms with Crippen LogP contribution in [0.1, 0.15) is 0 Å². The second-order valence-corrected chi connectivity index (χ2v) is 12.6. The lowest BCUT2D eigenvalue weighted by molar-refractivity contribution is 1.33. The van der Waals surface area contributed by atoms with Crippen LogP contribution in [0.2, 0.25) is 0 Å². The average Bonchev–Trinajstić information content (AvgIpc) is 3.19. The van der Waals surface area contributed by atoms with Gasteiger partial charge in [0, 0.05) is 62.8 Å². The Bertz CT molecular complexity index is 2930. The van der Waals surface area contributed by atoms with Crippen molar-refractivity contribution in [1.29, 1.82) is 0 Å². The Labute approximate surface area is 287 Å². The van der Waals surface area contributed by atoms with Crippen molar-refractivity contribution in [3.05, 3.63) is 164 Å². The molecule has 5 heteroatoms. The lowest BCUT2D eigenvalue weighted by Gasteiger charge is -2.11. The van der Waals surface area contributed by atoms with E-state index >= 15 is 0 Å². The van der Waals surface area contributed by atoms with Crippen LogP contribution in [0.15, 0.2) is 164 Å². The van der Waals surface area contributed by atoms with Gasteiger partial charge in [0.1, 0.15) is 0 Å². The van der Waals surface area contributed by atoms with Gasteiger partial charge < -0.3 is 0 Å². The highest BCUT2D eigenvalue weighted by atomic mass is 14.7. The predicted octanol–water partition coefficient (Wildman–Crippen LogP) is 11.1. The van der Waals surface area contributed by atoms with Gasteiger partial charge >= 0.3 is 0 Å². The zero-order valence-corrected chi connectivity index (χ0v) is 26.8. The van der Waals surface area contributed by atoms with E-state index in [1.807, 2.05) is 43.0 Å². The third-order valence-electron chi connectivity index (χ3n) is 9.61. The van der Waals surface area contributed by atoms with E-state index < -0.39 is 0 Å². The van der Waals surface area contributed by atoms with Crippen LogP contribution in [0.3, 0.4) is 0 Å². The van der Waals surface area contributed by atoms with Gasteiger partial charge in [-0.15, -0.1) is 0 Å². The first-order chi connectivity index (χ1) is 24.7. The van der Waals surface area contributed by atoms with Gasteiger partial charge in [-0.25, -0.2) is 9.97 Å². The largest absolute Gasteiger partial charge is 0.263 e. The minimum absolute atomic E-state index is 0.921. The fraction of sp³-hybridized carbons (Fsp3) is 0. The number of pyridine rings is 5. The molecule has 10 aromatic rings. The van der Waals surface area contributed by atoms with Crippen molar-refractivity contribution >= 4 is 54.4 Å². The highest BCUT2D eigenvalue weighted by Gasteiger charge is 2.12. The Morgan fingerprint density at radius 3 is 1.78 bits per heavy atom. The maximum absolute atomic E-state index is 5.05. The van der Waals surface area contributed by atoms with Crippen molar-refractivity contribution < 1.29 is 0 Å². The van der Waals surface area contributed by atoms with Gasteiger partial charge in [0.2, 0.25) is 0 Å². The molecule has 0 fully saturated rings. The monoisotopic (exact) mass is 637 g/mol. The van der Waals surface area contributed by atoms with Crippen LogP contribution in [0, 0.1) is 0 Å². The molecular formula is C45H27N5. The molecular weight excluding hydrogens is 611 g/mol. The van der Waals surface area contributed by atoms with Gasteiger partial charge in [0.05, 0.1) is 33.5 Å². The molecule has 0 bridgehead atoms. The Morgan fingerprint density at radius 1 is 0.360 bits per heavy atom. The van der Waals surface area contributed by atoms with Gasteiger partial charge in [-0.1, -0.05) is 84.9 Å². The lowest BCUT2D eigenvalue weighted by Crippen LogP contribution is -1.90. The summed E-state index contributed by atoms with van der Waals surface area (Å²) in [4.78, 5) is 23.8. The zero-order valence-electron chi connectivity index (χ0n) is 26.8. The lowest BCUT2D eigenvalue weighted by atomic mass is 9.96. The number of benzene rings is 5. The van der Waals surface area contributed by atoms with E-state index in [4.69, 9.17) is 9.97 Å². The van der Waals surface area contributed by atoms with Crippen LogP contribution in [0.5, 0.6) is 0 Å². The summed E-state index contributed by atoms with van der Waals surface area (Å²) in [7, 11) is 0. The second kappa shape index (κ2) is 11.4. The minimum atomic E-state index is 0.921. The molecule has 0 amide bonds. The average molecular weight is 638 g/mol. The molecule has 5 nitrogen and oxygen atoms in total. The van der Waals surface area contributed by atoms with Gasteiger partial charge in [0.15, 0.2) is 0 Å². The van der Waals surface area contributed by atoms with Crippen LogP contribution < -0.4 is 0 Å². The third kappa shape index (κ3) is 4.75. The molecule has 5 aromatic carbocycles. The first-order valence-corrected chi connectivity index (χ1v) is 16.6. The van der Waals surface area contributed by atoms with E-state index in [1.54, 1.807) is 0 Å². The van der Waals surface area contributed by atoms with Crippen molar-refractivity contribution in [3.8, 4) is 44.8 Å². The Hall–Kier alpha value is -6.85. The van der Waals surface area contributed by atoms with Gasteiger partial charge in [-0.2, -0.15) is 0 Å². The molecule has 0 atom stereocenters. The van der Waals surface area contributed by atoms with Crippen molar-refractivity contribution in [2.75, 3.05) is 0 Å². The molecule has 0 aliphatic rings. The zero-order chi connectivity index (χ0) is 33.0. The van der Waals surface area contributed by atoms with E-state index in [9.17, 15) is 0 Å². The molecule has 0 saturated heterocycles. The normalized spacial score (nSPS) is 11.6. The number of hydrogen-bond acceptors (Lipinski definition) is 5. The summed E-state index contributed by atoms with van der Waals surface area (Å²) in [5.41, 5.74) is 12.3. The first kappa shape index (κ1) is 28.2. The van der Waals surface area contributed by atoms with Crippen LogP contribution in [0.4, 0.5) is 0 Å². The summed E-state index contributed by atoms with van der Waals surface area (Å²) in [6.07, 6.45) is 7.45. The summed E-state index contributed by atoms with van der Waals surface area (Å²) in [5.74, 6) is 0. The molecule has 5 aromatic heterocycles. The number of hydrogen-bond donors (Lipinski definition) is 0. The van der Waals surface area contributed by atoms with Gasteiger partial charge in [0.25, 0.3) is 0 Å². The van der Waals surface area contributed by atoms with Crippen molar-refractivity contribution in [2.45, 2.75) is 0 Å². The summed E-state index contributed by atoms with van der Waals surface area (Å²) in [5, 5.41) is 6.64. The van der Waals surface area contributed by atoms with E-state index in [0.717, 1.165) is 99.2 Å². The smallest absolute Gasteiger partial charge is 0.0970 e. The summed E-state index contributed by atoms with van der Waals surface area (Å²) >= 11 is 0. The van der Waals surface area contributed by atoms with Crippen LogP contribution in [-0.4, -0.2) is 24.9 Å². The molecule has 0 radical (unpaired) electrons. The quantitative estimate of drug-likeness (QED) is 0.180. The van der Waals surface area contributed by atoms with E-state index in [1.165, 1.54) is 0 Å². The highest BCUT2D eigenvalue weighted by molar-refractivity contribution is 6.10. The summed E-state index contributed by atoms with van der Waals surface area (Å²) in [6, 6.07) is 48.8. The molecule has 0 unspecified atom stereocenters. The molecule has 232 valence electrons. The number of aromatic nitrogens is 5. The second-order valence-electron chi connectivity index (χ2n) is 12.6. The maximum Gasteiger partial charge on any atom is 0.0970 e. The Morgan fingerprint density at radius 2 is 0.980 bits per heavy atom. The van der Waals surface area contributed by atoms with Crippen molar-refractivity contribution in [3.63, 3.8) is 0 Å². The van der Waals surface area contributed by atoms with E-state index in [0.29, 0.717) is 0 Å². The van der Waals surface area contributed by atoms with Crippen molar-refractivity contribution in [1.82, 2.24) is 24.9 Å². The number of fused-ring (bicyclic) bond motifs is 6. The molecule has 0 aliphatic heterocycles. The maximum atomic E-state index is 5.05. The SMILES string of the molecule is c1ccc2c(-c3ccc4cc(-c5ccc6nc(-c7ccc(-c8cc9cccnc9c9ncccc89)cc7)ccc6c5)ccc4n3)cncc2c1. The molecule has 0 N–H and O–H groups in total. The van der Waals surface area contributed by atoms with Gasteiger partial charge in [-0.05, 0) is 82.2 Å². The fourth-order valence-corrected chi connectivity index (χ4v) is 7.08. The summed E-state index contributed by atoms with van der Waals surface area (Å²) < 4.78 is 0. The topological polar surface area (TPSA) is 64.5 Å². The number of rotatable bonds is 4. The van der Waals surface area contributed by atoms with E-state index in [2.05, 4.69) is 136 Å². The highest BCUT2D eigenvalue weighted by Crippen LogP contribution is 2.35. The Balaban J connectivity index is 0.946. The minimum Gasteiger partial charge on any atom is -0.263 e. The molecule has 5 heterocycles. The van der Waals surface area contributed by atoms with Crippen LogP contribution in [0.25, 0.3) is 99.2 Å². The predicted molar refractivity (Wildman–Crippen MR) is 205 cm³/mol. The standard InChI is InChI=1S/C45H27N5/c1-2-7-36-35(5-1)26-46-27-39(36)43-20-16-33-24-31(14-18-42(33)50-43)30-13-17-41-32(23-30)15-19-40(49-41)29-11-9-28(10-12-29)38-25-34-6-3-21-47-44(34)45-37(38)8-4-22-48-45/h1-27H. The van der Waals surface area contributed by atoms with Crippen molar-refractivity contribution in [2.24, 2.45) is 0 Å². The van der Waals surface area contributed by atoms with E-state index in [-0.39, 0.29) is 0 Å². The molecule has 10 rings (SSSR count). The fourth-order valence-electron chi connectivity index (χ4n) is 7.08. The third-order valence-corrected chi connectivity index (χ3v) is 9.61. The molecule has 0 saturated carbocycles. The first-order valence-electron chi connectivity index (χ1n) is 16.6. The molecule has 0 aliphatic carbocycles. The van der Waals surface area contributed by atoms with Crippen LogP contribution in [-0.2, 0) is 0 Å². The van der Waals surface area contributed by atoms with Gasteiger partial charge in [-0.3, -0.25) is 15.0 Å². The Kier molecular flexibility index (Phi) is 6.42. The summed E-state index contributed by atoms with van der Waals surface area (Å²) in [6.45, 7) is 0. The van der Waals surface area contributed by atoms with Crippen LogP contribution >= 0.6 is 0 Å².